The van der Waals surface area contributed by atoms with Crippen molar-refractivity contribution in [3.8, 4) is 5.75 Å². The van der Waals surface area contributed by atoms with Crippen molar-refractivity contribution in [3.63, 3.8) is 0 Å². The molecule has 1 atom stereocenters. The zero-order valence-corrected chi connectivity index (χ0v) is 22.2. The highest BCUT2D eigenvalue weighted by atomic mass is 35.5. The molecule has 8 nitrogen and oxygen atoms in total. The molecule has 0 saturated carbocycles. The van der Waals surface area contributed by atoms with Gasteiger partial charge in [0.2, 0.25) is 15.9 Å². The molecule has 1 unspecified atom stereocenters. The van der Waals surface area contributed by atoms with Gasteiger partial charge >= 0.3 is 0 Å². The van der Waals surface area contributed by atoms with E-state index in [-0.39, 0.29) is 49.1 Å². The Hall–Kier alpha value is -2.82. The van der Waals surface area contributed by atoms with Crippen LogP contribution >= 0.6 is 34.8 Å². The fourth-order valence-corrected chi connectivity index (χ4v) is 4.89. The lowest BCUT2D eigenvalue weighted by Crippen LogP contribution is -2.43. The van der Waals surface area contributed by atoms with Gasteiger partial charge in [0.1, 0.15) is 11.8 Å². The van der Waals surface area contributed by atoms with Crippen LogP contribution in [0.15, 0.2) is 59.5 Å². The van der Waals surface area contributed by atoms with Crippen molar-refractivity contribution in [3.05, 3.63) is 80.8 Å². The van der Waals surface area contributed by atoms with Crippen molar-refractivity contribution in [2.75, 3.05) is 10.6 Å². The van der Waals surface area contributed by atoms with E-state index < -0.39 is 27.9 Å². The molecule has 0 aromatic heterocycles. The largest absolute Gasteiger partial charge is 0.506 e. The molecule has 12 heteroatoms. The lowest BCUT2D eigenvalue weighted by Gasteiger charge is -2.18. The summed E-state index contributed by atoms with van der Waals surface area (Å²) in [5.41, 5.74) is 1.11. The van der Waals surface area contributed by atoms with E-state index in [1.807, 2.05) is 6.92 Å². The van der Waals surface area contributed by atoms with Crippen LogP contribution < -0.4 is 15.4 Å². The molecule has 0 aliphatic carbocycles. The standard InChI is InChI=1S/C24H22Cl3N3O5S/c1-3-19(30-36(34,35)15-7-4-13(2)5-8-15)24(33)28-20-12-22(31)21(11-18(20)27)29-23(32)14-6-9-16(25)17(26)10-14/h4-12,19,30-31H,3H2,1-2H3,(H,28,33)(H,29,32). The maximum absolute atomic E-state index is 12.8. The minimum Gasteiger partial charge on any atom is -0.506 e. The molecule has 4 N–H and O–H groups in total. The van der Waals surface area contributed by atoms with E-state index in [0.717, 1.165) is 11.6 Å². The molecule has 0 aliphatic rings. The molecule has 2 amide bonds. The number of amides is 2. The molecule has 3 aromatic carbocycles. The second-order valence-electron chi connectivity index (χ2n) is 7.82. The van der Waals surface area contributed by atoms with E-state index in [4.69, 9.17) is 34.8 Å². The number of aromatic hydroxyl groups is 1. The summed E-state index contributed by atoms with van der Waals surface area (Å²) in [5.74, 6) is -1.63. The van der Waals surface area contributed by atoms with Crippen LogP contribution in [0.5, 0.6) is 5.75 Å². The average molecular weight is 571 g/mol. The first-order chi connectivity index (χ1) is 16.9. The van der Waals surface area contributed by atoms with Crippen molar-refractivity contribution in [2.45, 2.75) is 31.2 Å². The number of anilines is 2. The summed E-state index contributed by atoms with van der Waals surface area (Å²) in [6.45, 7) is 3.47. The number of nitrogens with one attached hydrogen (secondary N) is 3. The monoisotopic (exact) mass is 569 g/mol. The SMILES string of the molecule is CCC(NS(=O)(=O)c1ccc(C)cc1)C(=O)Nc1cc(O)c(NC(=O)c2ccc(Cl)c(Cl)c2)cc1Cl. The van der Waals surface area contributed by atoms with Crippen LogP contribution in [0.3, 0.4) is 0 Å². The number of hydrogen-bond donors (Lipinski definition) is 4. The van der Waals surface area contributed by atoms with Gasteiger partial charge in [-0.2, -0.15) is 4.72 Å². The number of sulfonamides is 1. The Bertz CT molecular complexity index is 1410. The third-order valence-electron chi connectivity index (χ3n) is 5.13. The van der Waals surface area contributed by atoms with Gasteiger partial charge in [-0.3, -0.25) is 9.59 Å². The molecule has 36 heavy (non-hydrogen) atoms. The van der Waals surface area contributed by atoms with Gasteiger partial charge in [0.15, 0.2) is 0 Å². The summed E-state index contributed by atoms with van der Waals surface area (Å²) in [6, 6.07) is 11.8. The number of carbonyl (C=O) groups is 2. The van der Waals surface area contributed by atoms with Crippen molar-refractivity contribution in [1.82, 2.24) is 4.72 Å². The average Bonchev–Trinajstić information content (AvgIpc) is 2.82. The smallest absolute Gasteiger partial charge is 0.255 e. The van der Waals surface area contributed by atoms with E-state index in [1.165, 1.54) is 36.4 Å². The van der Waals surface area contributed by atoms with Gasteiger partial charge in [-0.1, -0.05) is 59.4 Å². The first-order valence-corrected chi connectivity index (χ1v) is 13.2. The van der Waals surface area contributed by atoms with Crippen molar-refractivity contribution in [1.29, 1.82) is 0 Å². The molecule has 0 spiro atoms. The molecule has 3 aromatic rings. The molecule has 0 fully saturated rings. The van der Waals surface area contributed by atoms with Crippen LogP contribution in [-0.4, -0.2) is 31.4 Å². The second kappa shape index (κ2) is 11.5. The van der Waals surface area contributed by atoms with E-state index in [2.05, 4.69) is 15.4 Å². The highest BCUT2D eigenvalue weighted by molar-refractivity contribution is 7.89. The van der Waals surface area contributed by atoms with Crippen molar-refractivity contribution < 1.29 is 23.1 Å². The van der Waals surface area contributed by atoms with Gasteiger partial charge in [0.25, 0.3) is 5.91 Å². The summed E-state index contributed by atoms with van der Waals surface area (Å²) in [5, 5.41) is 15.9. The molecule has 190 valence electrons. The number of aryl methyl sites for hydroxylation is 1. The third-order valence-corrected chi connectivity index (χ3v) is 7.67. The summed E-state index contributed by atoms with van der Waals surface area (Å²) in [7, 11) is -3.95. The Morgan fingerprint density at radius 3 is 2.17 bits per heavy atom. The summed E-state index contributed by atoms with van der Waals surface area (Å²) in [6.07, 6.45) is 0.151. The number of benzene rings is 3. The fraction of sp³-hybridized carbons (Fsp3) is 0.167. The molecule has 0 heterocycles. The van der Waals surface area contributed by atoms with Gasteiger partial charge in [-0.25, -0.2) is 8.42 Å². The highest BCUT2D eigenvalue weighted by Crippen LogP contribution is 2.34. The lowest BCUT2D eigenvalue weighted by molar-refractivity contribution is -0.117. The van der Waals surface area contributed by atoms with Crippen LogP contribution in [0.25, 0.3) is 0 Å². The third kappa shape index (κ3) is 6.68. The van der Waals surface area contributed by atoms with Crippen molar-refractivity contribution >= 4 is 68.0 Å². The molecule has 0 radical (unpaired) electrons. The minimum atomic E-state index is -3.95. The highest BCUT2D eigenvalue weighted by Gasteiger charge is 2.25. The fourth-order valence-electron chi connectivity index (χ4n) is 3.10. The number of carbonyl (C=O) groups excluding carboxylic acids is 2. The zero-order chi connectivity index (χ0) is 26.6. The van der Waals surface area contributed by atoms with E-state index >= 15 is 0 Å². The van der Waals surface area contributed by atoms with Gasteiger partial charge in [0.05, 0.1) is 31.3 Å². The zero-order valence-electron chi connectivity index (χ0n) is 19.1. The topological polar surface area (TPSA) is 125 Å². The number of phenolic OH excluding ortho intramolecular Hbond substituents is 1. The van der Waals surface area contributed by atoms with Crippen LogP contribution in [0, 0.1) is 6.92 Å². The van der Waals surface area contributed by atoms with Gasteiger partial charge in [-0.15, -0.1) is 0 Å². The van der Waals surface area contributed by atoms with E-state index in [1.54, 1.807) is 19.1 Å². The number of halogens is 3. The Labute approximate surface area is 223 Å². The quantitative estimate of drug-likeness (QED) is 0.262. The van der Waals surface area contributed by atoms with E-state index in [0.29, 0.717) is 0 Å². The Morgan fingerprint density at radius 2 is 1.56 bits per heavy atom. The van der Waals surface area contributed by atoms with Crippen molar-refractivity contribution in [2.24, 2.45) is 0 Å². The molecular formula is C24H22Cl3N3O5S. The molecule has 3 rings (SSSR count). The molecule has 0 bridgehead atoms. The van der Waals surface area contributed by atoms with Gasteiger partial charge in [0, 0.05) is 11.6 Å². The maximum Gasteiger partial charge on any atom is 0.255 e. The first-order valence-electron chi connectivity index (χ1n) is 10.6. The van der Waals surface area contributed by atoms with Crippen LogP contribution in [0.4, 0.5) is 11.4 Å². The predicted octanol–water partition coefficient (Wildman–Crippen LogP) is 5.61. The van der Waals surface area contributed by atoms with Crippen LogP contribution in [0.2, 0.25) is 15.1 Å². The predicted molar refractivity (Wildman–Crippen MR) is 142 cm³/mol. The summed E-state index contributed by atoms with van der Waals surface area (Å²) in [4.78, 5) is 25.3. The Morgan fingerprint density at radius 1 is 0.889 bits per heavy atom. The number of hydrogen-bond acceptors (Lipinski definition) is 5. The molecule has 0 saturated heterocycles. The second-order valence-corrected chi connectivity index (χ2v) is 10.8. The molecule has 0 aliphatic heterocycles. The normalized spacial score (nSPS) is 12.1. The van der Waals surface area contributed by atoms with E-state index in [9.17, 15) is 23.1 Å². The maximum atomic E-state index is 12.8. The van der Waals surface area contributed by atoms with Gasteiger partial charge in [-0.05, 0) is 49.7 Å². The number of phenols is 1. The Balaban J connectivity index is 1.74. The Kier molecular flexibility index (Phi) is 8.86. The van der Waals surface area contributed by atoms with Crippen LogP contribution in [0.1, 0.15) is 29.3 Å². The number of rotatable bonds is 8. The molecular weight excluding hydrogens is 549 g/mol. The minimum absolute atomic E-state index is 0.00170. The summed E-state index contributed by atoms with van der Waals surface area (Å²) >= 11 is 18.1. The van der Waals surface area contributed by atoms with Crippen LogP contribution in [-0.2, 0) is 14.8 Å². The van der Waals surface area contributed by atoms with Gasteiger partial charge < -0.3 is 15.7 Å². The summed E-state index contributed by atoms with van der Waals surface area (Å²) < 4.78 is 27.7. The lowest BCUT2D eigenvalue weighted by atomic mass is 10.2. The first kappa shape index (κ1) is 27.8.